The Balaban J connectivity index is 2.00. The highest BCUT2D eigenvalue weighted by Crippen LogP contribution is 2.48. The van der Waals surface area contributed by atoms with Gasteiger partial charge in [-0.15, -0.1) is 0 Å². The topological polar surface area (TPSA) is 24.7 Å². The van der Waals surface area contributed by atoms with E-state index in [0.717, 1.165) is 24.9 Å². The molecule has 3 heterocycles. The quantitative estimate of drug-likeness (QED) is 0.653. The zero-order valence-corrected chi connectivity index (χ0v) is 10.1. The van der Waals surface area contributed by atoms with E-state index in [-0.39, 0.29) is 5.41 Å². The number of para-hydroxylation sites is 1. The lowest BCUT2D eigenvalue weighted by Gasteiger charge is -2.31. The summed E-state index contributed by atoms with van der Waals surface area (Å²) >= 11 is 0. The minimum atomic E-state index is -0.0260. The van der Waals surface area contributed by atoms with E-state index in [1.54, 1.807) is 0 Å². The van der Waals surface area contributed by atoms with Gasteiger partial charge in [-0.25, -0.2) is 0 Å². The number of fused-ring (bicyclic) bond motifs is 4. The van der Waals surface area contributed by atoms with Gasteiger partial charge in [-0.1, -0.05) is 23.8 Å². The van der Waals surface area contributed by atoms with Crippen LogP contribution in [-0.2, 0) is 5.41 Å². The van der Waals surface area contributed by atoms with E-state index in [0.29, 0.717) is 0 Å². The van der Waals surface area contributed by atoms with Gasteiger partial charge < -0.3 is 0 Å². The van der Waals surface area contributed by atoms with Crippen molar-refractivity contribution < 1.29 is 0 Å². The lowest BCUT2D eigenvalue weighted by atomic mass is 9.70. The predicted molar refractivity (Wildman–Crippen MR) is 74.8 cm³/mol. The van der Waals surface area contributed by atoms with Gasteiger partial charge >= 0.3 is 0 Å². The van der Waals surface area contributed by atoms with Crippen LogP contribution in [0, 0.1) is 0 Å². The summed E-state index contributed by atoms with van der Waals surface area (Å²) in [6.45, 7) is 0. The van der Waals surface area contributed by atoms with Crippen LogP contribution in [0.25, 0.3) is 0 Å². The third-order valence-electron chi connectivity index (χ3n) is 4.17. The Morgan fingerprint density at radius 3 is 3.11 bits per heavy atom. The zero-order valence-electron chi connectivity index (χ0n) is 10.1. The summed E-state index contributed by atoms with van der Waals surface area (Å²) in [5, 5.41) is 0. The summed E-state index contributed by atoms with van der Waals surface area (Å²) < 4.78 is 0. The van der Waals surface area contributed by atoms with Crippen LogP contribution < -0.4 is 0 Å². The number of allylic oxidation sites excluding steroid dienone is 3. The second kappa shape index (κ2) is 3.52. The van der Waals surface area contributed by atoms with Gasteiger partial charge in [0, 0.05) is 18.8 Å². The maximum atomic E-state index is 4.82. The maximum Gasteiger partial charge on any atom is 0.0678 e. The van der Waals surface area contributed by atoms with Crippen molar-refractivity contribution in [2.75, 3.05) is 0 Å². The van der Waals surface area contributed by atoms with Crippen LogP contribution in [0.15, 0.2) is 58.2 Å². The van der Waals surface area contributed by atoms with Crippen molar-refractivity contribution in [3.05, 3.63) is 53.8 Å². The van der Waals surface area contributed by atoms with Crippen molar-refractivity contribution >= 4 is 17.6 Å². The maximum absolute atomic E-state index is 4.82. The molecule has 88 valence electrons. The number of benzene rings is 1. The molecule has 1 aliphatic carbocycles. The molecule has 5 rings (SSSR count). The minimum absolute atomic E-state index is 0.0260. The van der Waals surface area contributed by atoms with Crippen LogP contribution in [0.4, 0.5) is 5.69 Å². The normalized spacial score (nSPS) is 27.8. The molecule has 1 unspecified atom stereocenters. The highest BCUT2D eigenvalue weighted by molar-refractivity contribution is 6.11. The molecule has 3 aliphatic heterocycles. The number of nitrogens with zero attached hydrogens (tertiary/aromatic N) is 2. The molecule has 0 aromatic heterocycles. The first-order chi connectivity index (χ1) is 8.88. The van der Waals surface area contributed by atoms with Gasteiger partial charge in [0.25, 0.3) is 0 Å². The third kappa shape index (κ3) is 1.23. The van der Waals surface area contributed by atoms with E-state index in [4.69, 9.17) is 4.99 Å². The van der Waals surface area contributed by atoms with E-state index in [2.05, 4.69) is 41.4 Å². The number of rotatable bonds is 0. The van der Waals surface area contributed by atoms with E-state index in [9.17, 15) is 0 Å². The summed E-state index contributed by atoms with van der Waals surface area (Å²) in [5.41, 5.74) is 5.08. The number of aliphatic imine (C=N–C) groups is 2. The molecule has 0 saturated heterocycles. The molecule has 0 fully saturated rings. The molecule has 18 heavy (non-hydrogen) atoms. The lowest BCUT2D eigenvalue weighted by Crippen LogP contribution is -2.32. The summed E-state index contributed by atoms with van der Waals surface area (Å²) in [4.78, 5) is 9.18. The first kappa shape index (κ1) is 10.0. The monoisotopic (exact) mass is 234 g/mol. The summed E-state index contributed by atoms with van der Waals surface area (Å²) in [6.07, 6.45) is 11.7. The van der Waals surface area contributed by atoms with Crippen LogP contribution in [0.5, 0.6) is 0 Å². The minimum Gasteiger partial charge on any atom is -0.269 e. The smallest absolute Gasteiger partial charge is 0.0678 e. The molecule has 1 atom stereocenters. The van der Waals surface area contributed by atoms with Crippen LogP contribution in [0.2, 0.25) is 0 Å². The summed E-state index contributed by atoms with van der Waals surface area (Å²) in [7, 11) is 0. The summed E-state index contributed by atoms with van der Waals surface area (Å²) in [5.74, 6) is 0. The lowest BCUT2D eigenvalue weighted by molar-refractivity contribution is 0.631. The van der Waals surface area contributed by atoms with Crippen molar-refractivity contribution in [1.82, 2.24) is 0 Å². The van der Waals surface area contributed by atoms with Crippen molar-refractivity contribution in [2.24, 2.45) is 9.98 Å². The first-order valence-electron chi connectivity index (χ1n) is 6.46. The van der Waals surface area contributed by atoms with Gasteiger partial charge in [-0.3, -0.25) is 9.98 Å². The molecule has 1 aromatic carbocycles. The fourth-order valence-electron chi connectivity index (χ4n) is 3.18. The molecule has 0 radical (unpaired) electrons. The molecule has 1 aromatic rings. The second-order valence-electron chi connectivity index (χ2n) is 5.14. The Kier molecular flexibility index (Phi) is 1.95. The van der Waals surface area contributed by atoms with Crippen LogP contribution in [0.3, 0.4) is 0 Å². The fraction of sp³-hybridized carbons (Fsp3) is 0.250. The van der Waals surface area contributed by atoms with Crippen molar-refractivity contribution in [3.63, 3.8) is 0 Å². The molecule has 4 aliphatic rings. The van der Waals surface area contributed by atoms with Gasteiger partial charge in [-0.2, -0.15) is 0 Å². The fourth-order valence-corrected chi connectivity index (χ4v) is 3.18. The molecular weight excluding hydrogens is 220 g/mol. The van der Waals surface area contributed by atoms with E-state index in [1.807, 2.05) is 12.4 Å². The molecule has 2 heteroatoms. The third-order valence-corrected chi connectivity index (χ3v) is 4.17. The van der Waals surface area contributed by atoms with Crippen molar-refractivity contribution in [1.29, 1.82) is 0 Å². The molecule has 2 nitrogen and oxygen atoms in total. The number of hydrogen-bond acceptors (Lipinski definition) is 2. The molecule has 0 N–H and O–H groups in total. The Morgan fingerprint density at radius 1 is 1.17 bits per heavy atom. The van der Waals surface area contributed by atoms with Crippen LogP contribution in [0.1, 0.15) is 24.8 Å². The van der Waals surface area contributed by atoms with E-state index in [1.165, 1.54) is 16.8 Å². The van der Waals surface area contributed by atoms with Crippen molar-refractivity contribution in [2.45, 2.75) is 24.7 Å². The van der Waals surface area contributed by atoms with E-state index >= 15 is 0 Å². The zero-order chi connectivity index (χ0) is 12.0. The standard InChI is InChI=1S/C16H14N2/c1-2-4-14-13(3-1)16-7-5-12(11-15(16)18-14)6-9-17-10-8-16/h1-4,8-11H,5-7H2. The molecular formula is C16H14N2. The second-order valence-corrected chi connectivity index (χ2v) is 5.14. The average molecular weight is 234 g/mol. The Morgan fingerprint density at radius 2 is 2.11 bits per heavy atom. The Bertz CT molecular complexity index is 634. The Hall–Kier alpha value is -1.96. The first-order valence-corrected chi connectivity index (χ1v) is 6.46. The highest BCUT2D eigenvalue weighted by Gasteiger charge is 2.42. The Labute approximate surface area is 106 Å². The van der Waals surface area contributed by atoms with E-state index < -0.39 is 0 Å². The molecule has 0 saturated carbocycles. The van der Waals surface area contributed by atoms with Gasteiger partial charge in [-0.05, 0) is 36.6 Å². The molecule has 0 amide bonds. The molecule has 1 spiro atoms. The van der Waals surface area contributed by atoms with Crippen LogP contribution in [-0.4, -0.2) is 11.9 Å². The summed E-state index contributed by atoms with van der Waals surface area (Å²) in [6, 6.07) is 8.48. The largest absolute Gasteiger partial charge is 0.269 e. The molecule has 2 bridgehead atoms. The number of hydrogen-bond donors (Lipinski definition) is 0. The van der Waals surface area contributed by atoms with Gasteiger partial charge in [0.2, 0.25) is 0 Å². The van der Waals surface area contributed by atoms with Gasteiger partial charge in [0.1, 0.15) is 0 Å². The van der Waals surface area contributed by atoms with Crippen LogP contribution >= 0.6 is 0 Å². The van der Waals surface area contributed by atoms with Gasteiger partial charge in [0.05, 0.1) is 16.8 Å². The SMILES string of the molecule is C1=CC23CCC(=CC2=Nc2ccccc23)CC=N1. The van der Waals surface area contributed by atoms with Gasteiger partial charge in [0.15, 0.2) is 0 Å². The predicted octanol–water partition coefficient (Wildman–Crippen LogP) is 3.72. The highest BCUT2D eigenvalue weighted by atomic mass is 14.8. The van der Waals surface area contributed by atoms with Crippen molar-refractivity contribution in [3.8, 4) is 0 Å². The average Bonchev–Trinajstić information content (AvgIpc) is 2.78.